The first-order valence-corrected chi connectivity index (χ1v) is 13.1. The predicted molar refractivity (Wildman–Crippen MR) is 134 cm³/mol. The van der Waals surface area contributed by atoms with Crippen LogP contribution in [0.15, 0.2) is 40.0 Å². The van der Waals surface area contributed by atoms with Crippen molar-refractivity contribution in [2.45, 2.75) is 56.3 Å². The van der Waals surface area contributed by atoms with Crippen molar-refractivity contribution in [1.29, 1.82) is 0 Å². The van der Waals surface area contributed by atoms with E-state index in [1.165, 1.54) is 24.6 Å². The number of aryl methyl sites for hydroxylation is 1. The monoisotopic (exact) mass is 478 g/mol. The summed E-state index contributed by atoms with van der Waals surface area (Å²) < 4.78 is 7.66. The topological polar surface area (TPSA) is 88.2 Å². The molecular formula is C26H30N4O3S. The van der Waals surface area contributed by atoms with Gasteiger partial charge < -0.3 is 24.9 Å². The number of rotatable bonds is 8. The van der Waals surface area contributed by atoms with Crippen LogP contribution >= 0.6 is 11.8 Å². The summed E-state index contributed by atoms with van der Waals surface area (Å²) in [5, 5.41) is 7.79. The Balaban J connectivity index is 1.26. The van der Waals surface area contributed by atoms with Crippen LogP contribution in [-0.2, 0) is 17.8 Å². The molecule has 34 heavy (non-hydrogen) atoms. The Morgan fingerprint density at radius 1 is 1.26 bits per heavy atom. The van der Waals surface area contributed by atoms with Gasteiger partial charge in [-0.15, -0.1) is 11.8 Å². The molecule has 2 aliphatic carbocycles. The fraction of sp³-hybridized carbons (Fsp3) is 0.462. The van der Waals surface area contributed by atoms with E-state index in [1.807, 2.05) is 44.4 Å². The molecule has 3 fully saturated rings. The number of thioether (sulfide) groups is 1. The fourth-order valence-corrected chi connectivity index (χ4v) is 6.47. The number of para-hydroxylation sites is 1. The number of aromatic amines is 1. The lowest BCUT2D eigenvalue weighted by atomic mass is 10.1. The van der Waals surface area contributed by atoms with Gasteiger partial charge in [0.25, 0.3) is 11.5 Å². The highest BCUT2D eigenvalue weighted by molar-refractivity contribution is 7.98. The van der Waals surface area contributed by atoms with Crippen LogP contribution in [0.1, 0.15) is 40.2 Å². The van der Waals surface area contributed by atoms with E-state index in [4.69, 9.17) is 4.74 Å². The van der Waals surface area contributed by atoms with Gasteiger partial charge in [0.2, 0.25) is 0 Å². The van der Waals surface area contributed by atoms with Crippen molar-refractivity contribution < 1.29 is 9.53 Å². The van der Waals surface area contributed by atoms with Gasteiger partial charge in [0, 0.05) is 56.8 Å². The van der Waals surface area contributed by atoms with Gasteiger partial charge in [-0.3, -0.25) is 9.59 Å². The maximum atomic E-state index is 13.4. The molecule has 1 saturated heterocycles. The van der Waals surface area contributed by atoms with Gasteiger partial charge in [-0.25, -0.2) is 0 Å². The van der Waals surface area contributed by atoms with Gasteiger partial charge in [-0.1, -0.05) is 18.2 Å². The number of amides is 1. The maximum Gasteiger partial charge on any atom is 0.254 e. The number of pyridine rings is 1. The molecule has 1 amide bonds. The fourth-order valence-electron chi connectivity index (χ4n) is 5.76. The van der Waals surface area contributed by atoms with Gasteiger partial charge in [0.1, 0.15) is 0 Å². The highest BCUT2D eigenvalue weighted by Gasteiger charge is 2.83. The molecule has 3 N–H and O–H groups in total. The first-order chi connectivity index (χ1) is 16.4. The predicted octanol–water partition coefficient (Wildman–Crippen LogP) is 3.12. The van der Waals surface area contributed by atoms with Crippen LogP contribution in [-0.4, -0.2) is 46.5 Å². The summed E-state index contributed by atoms with van der Waals surface area (Å²) in [6, 6.07) is 10.6. The minimum absolute atomic E-state index is 0.139. The van der Waals surface area contributed by atoms with E-state index in [0.717, 1.165) is 46.9 Å². The van der Waals surface area contributed by atoms with E-state index < -0.39 is 0 Å². The molecule has 8 heteroatoms. The summed E-state index contributed by atoms with van der Waals surface area (Å²) in [6.45, 7) is 6.65. The second-order valence-electron chi connectivity index (χ2n) is 10.2. The molecule has 6 rings (SSSR count). The first-order valence-electron chi connectivity index (χ1n) is 11.8. The molecule has 2 aromatic heterocycles. The number of benzene rings is 1. The Morgan fingerprint density at radius 3 is 2.74 bits per heavy atom. The Morgan fingerprint density at radius 2 is 2.03 bits per heavy atom. The average Bonchev–Trinajstić information content (AvgIpc) is 3.55. The van der Waals surface area contributed by atoms with Crippen LogP contribution in [0, 0.1) is 19.3 Å². The summed E-state index contributed by atoms with van der Waals surface area (Å²) in [6.07, 6.45) is 4.33. The third-order valence-electron chi connectivity index (χ3n) is 7.96. The van der Waals surface area contributed by atoms with Crippen LogP contribution in [0.5, 0.6) is 0 Å². The van der Waals surface area contributed by atoms with Crippen molar-refractivity contribution in [3.63, 3.8) is 0 Å². The number of carbonyl (C=O) groups is 1. The Kier molecular flexibility index (Phi) is 4.99. The zero-order chi connectivity index (χ0) is 23.7. The standard InChI is InChI=1S/C26H30N4O3S/c1-15-8-21(34-3)19(23(31)28-15)9-27-24(32)22-16(2)30(20-7-5-4-6-18(20)22)14-25-12-26(25,13-25)29-17-10-33-11-17/h4-8,17,29H,9-14H2,1-3H3,(H,27,32)(H,28,31). The Hall–Kier alpha value is -2.55. The molecule has 2 saturated carbocycles. The second-order valence-corrected chi connectivity index (χ2v) is 11.0. The smallest absolute Gasteiger partial charge is 0.254 e. The molecule has 1 aromatic carbocycles. The van der Waals surface area contributed by atoms with E-state index in [1.54, 1.807) is 0 Å². The van der Waals surface area contributed by atoms with Crippen LogP contribution < -0.4 is 16.2 Å². The summed E-state index contributed by atoms with van der Waals surface area (Å²) in [5.74, 6) is -0.139. The van der Waals surface area contributed by atoms with Crippen molar-refractivity contribution in [3.05, 3.63) is 63.2 Å². The normalized spacial score (nSPS) is 25.1. The number of hydrogen-bond acceptors (Lipinski definition) is 5. The Bertz CT molecular complexity index is 1360. The maximum absolute atomic E-state index is 13.4. The van der Waals surface area contributed by atoms with Crippen molar-refractivity contribution in [3.8, 4) is 0 Å². The lowest BCUT2D eigenvalue weighted by Crippen LogP contribution is -2.49. The zero-order valence-electron chi connectivity index (χ0n) is 19.8. The molecule has 3 aliphatic rings. The number of nitrogens with zero attached hydrogens (tertiary/aromatic N) is 1. The van der Waals surface area contributed by atoms with Gasteiger partial charge in [-0.2, -0.15) is 0 Å². The number of carbonyl (C=O) groups excluding carboxylic acids is 1. The molecule has 7 nitrogen and oxygen atoms in total. The quantitative estimate of drug-likeness (QED) is 0.433. The molecular weight excluding hydrogens is 448 g/mol. The summed E-state index contributed by atoms with van der Waals surface area (Å²) in [4.78, 5) is 29.7. The van der Waals surface area contributed by atoms with Crippen molar-refractivity contribution in [2.75, 3.05) is 19.5 Å². The van der Waals surface area contributed by atoms with Gasteiger partial charge >= 0.3 is 0 Å². The SMILES string of the molecule is CSc1cc(C)[nH]c(=O)c1CNC(=O)c1c(C)n(CC23CC2(NC2COC2)C3)c2ccccc12. The lowest BCUT2D eigenvalue weighted by Gasteiger charge is -2.28. The largest absolute Gasteiger partial charge is 0.378 e. The molecule has 0 spiro atoms. The number of ether oxygens (including phenoxy) is 1. The van der Waals surface area contributed by atoms with Gasteiger partial charge in [0.05, 0.1) is 24.8 Å². The van der Waals surface area contributed by atoms with Crippen molar-refractivity contribution in [1.82, 2.24) is 20.2 Å². The van der Waals surface area contributed by atoms with Crippen LogP contribution in [0.2, 0.25) is 0 Å². The second kappa shape index (κ2) is 7.73. The third kappa shape index (κ3) is 3.34. The molecule has 1 aliphatic heterocycles. The average molecular weight is 479 g/mol. The van der Waals surface area contributed by atoms with Crippen molar-refractivity contribution >= 4 is 28.6 Å². The highest BCUT2D eigenvalue weighted by Crippen LogP contribution is 2.79. The number of nitrogens with one attached hydrogen (secondary N) is 3. The molecule has 3 aromatic rings. The zero-order valence-corrected chi connectivity index (χ0v) is 20.6. The molecule has 0 bridgehead atoms. The number of hydrogen-bond donors (Lipinski definition) is 3. The number of aromatic nitrogens is 2. The molecule has 0 atom stereocenters. The van der Waals surface area contributed by atoms with E-state index in [9.17, 15) is 9.59 Å². The van der Waals surface area contributed by atoms with Crippen LogP contribution in [0.25, 0.3) is 10.9 Å². The van der Waals surface area contributed by atoms with E-state index >= 15 is 0 Å². The minimum atomic E-state index is -0.147. The minimum Gasteiger partial charge on any atom is -0.378 e. The summed E-state index contributed by atoms with van der Waals surface area (Å²) >= 11 is 1.52. The van der Waals surface area contributed by atoms with Gasteiger partial charge in [0.15, 0.2) is 0 Å². The summed E-state index contributed by atoms with van der Waals surface area (Å²) in [7, 11) is 0. The first kappa shape index (κ1) is 21.9. The number of fused-ring (bicyclic) bond motifs is 2. The molecule has 0 unspecified atom stereocenters. The van der Waals surface area contributed by atoms with Gasteiger partial charge in [-0.05, 0) is 45.1 Å². The van der Waals surface area contributed by atoms with E-state index in [0.29, 0.717) is 22.6 Å². The van der Waals surface area contributed by atoms with E-state index in [-0.39, 0.29) is 23.6 Å². The molecule has 0 radical (unpaired) electrons. The number of H-pyrrole nitrogens is 1. The molecule has 178 valence electrons. The lowest BCUT2D eigenvalue weighted by molar-refractivity contribution is -0.00875. The van der Waals surface area contributed by atoms with Crippen LogP contribution in [0.3, 0.4) is 0 Å². The van der Waals surface area contributed by atoms with E-state index in [2.05, 4.69) is 26.3 Å². The summed E-state index contributed by atoms with van der Waals surface area (Å²) in [5.41, 5.74) is 4.61. The molecule has 3 heterocycles. The van der Waals surface area contributed by atoms with Crippen molar-refractivity contribution in [2.24, 2.45) is 5.41 Å². The Labute approximate surface area is 202 Å². The highest BCUT2D eigenvalue weighted by atomic mass is 32.2. The van der Waals surface area contributed by atoms with Crippen LogP contribution in [0.4, 0.5) is 0 Å². The third-order valence-corrected chi connectivity index (χ3v) is 8.76.